The van der Waals surface area contributed by atoms with Crippen LogP contribution < -0.4 is 0 Å². The molecule has 238 valence electrons. The van der Waals surface area contributed by atoms with Gasteiger partial charge in [0.05, 0.1) is 12.5 Å². The summed E-state index contributed by atoms with van der Waals surface area (Å²) in [6, 6.07) is 0. The molecule has 0 heterocycles. The Hall–Kier alpha value is -2.51. The standard InChI is InChI=1S/C8H12O3.C7H10O2.C7H12O.2C6H10O/c1-2-11-8(10)6-4-3-5-7(6)9;1-5(8)6-3-2-4-7(6)9;1-5-3-6(2)7(8)4-5;1-5-2-3-6(7)4-5;1-5-3-2-4-6(5)7/h6H,2-5H2,1H3;6H,2-4H2,1H3;5-6H,3-4H2,1-2H3;2*5H,2-4H2,1H3. The second-order valence-electron chi connectivity index (χ2n) is 12.7. The Morgan fingerprint density at radius 2 is 1.19 bits per heavy atom. The summed E-state index contributed by atoms with van der Waals surface area (Å²) < 4.78 is 4.74. The lowest BCUT2D eigenvalue weighted by Crippen LogP contribution is -2.21. The van der Waals surface area contributed by atoms with Crippen molar-refractivity contribution in [1.29, 1.82) is 0 Å². The molecule has 5 saturated carbocycles. The van der Waals surface area contributed by atoms with Gasteiger partial charge in [0.25, 0.3) is 0 Å². The quantitative estimate of drug-likeness (QED) is 0.279. The summed E-state index contributed by atoms with van der Waals surface area (Å²) in [4.78, 5) is 75.2. The van der Waals surface area contributed by atoms with E-state index in [0.717, 1.165) is 70.6 Å². The zero-order valence-corrected chi connectivity index (χ0v) is 26.8. The third-order valence-corrected chi connectivity index (χ3v) is 8.63. The van der Waals surface area contributed by atoms with Gasteiger partial charge in [-0.15, -0.1) is 0 Å². The Morgan fingerprint density at radius 3 is 1.40 bits per heavy atom. The Labute approximate surface area is 252 Å². The molecule has 6 unspecified atom stereocenters. The number of rotatable bonds is 3. The third kappa shape index (κ3) is 14.1. The van der Waals surface area contributed by atoms with Gasteiger partial charge in [-0.1, -0.05) is 27.7 Å². The number of ether oxygens (including phenoxy) is 1. The van der Waals surface area contributed by atoms with Crippen molar-refractivity contribution in [1.82, 2.24) is 0 Å². The van der Waals surface area contributed by atoms with Crippen molar-refractivity contribution in [2.45, 2.75) is 131 Å². The van der Waals surface area contributed by atoms with Gasteiger partial charge in [0.15, 0.2) is 0 Å². The summed E-state index contributed by atoms with van der Waals surface area (Å²) in [5, 5.41) is 0. The van der Waals surface area contributed by atoms with Crippen LogP contribution in [0.25, 0.3) is 0 Å². The summed E-state index contributed by atoms with van der Waals surface area (Å²) >= 11 is 0. The zero-order valence-electron chi connectivity index (χ0n) is 26.8. The molecule has 0 aliphatic heterocycles. The molecule has 6 atom stereocenters. The number of hydrogen-bond acceptors (Lipinski definition) is 8. The fraction of sp³-hybridized carbons (Fsp3) is 0.794. The first-order valence-electron chi connectivity index (χ1n) is 16.1. The first kappa shape index (κ1) is 37.5. The van der Waals surface area contributed by atoms with Crippen LogP contribution in [0.5, 0.6) is 0 Å². The summed E-state index contributed by atoms with van der Waals surface area (Å²) in [7, 11) is 0. The number of hydrogen-bond donors (Lipinski definition) is 0. The minimum absolute atomic E-state index is 0.0394. The molecule has 0 saturated heterocycles. The molecule has 0 aromatic heterocycles. The van der Waals surface area contributed by atoms with Crippen LogP contribution in [0, 0.1) is 35.5 Å². The van der Waals surface area contributed by atoms with Gasteiger partial charge in [0.2, 0.25) is 0 Å². The van der Waals surface area contributed by atoms with Crippen molar-refractivity contribution in [2.75, 3.05) is 6.61 Å². The maximum atomic E-state index is 11.0. The lowest BCUT2D eigenvalue weighted by atomic mass is 10.0. The average Bonchev–Trinajstić information content (AvgIpc) is 3.74. The van der Waals surface area contributed by atoms with E-state index >= 15 is 0 Å². The summed E-state index contributed by atoms with van der Waals surface area (Å²) in [5.41, 5.74) is 0. The number of ketones is 6. The second kappa shape index (κ2) is 19.6. The normalized spacial score (nSPS) is 29.8. The highest BCUT2D eigenvalue weighted by molar-refractivity contribution is 6.02. The van der Waals surface area contributed by atoms with Crippen molar-refractivity contribution >= 4 is 40.7 Å². The van der Waals surface area contributed by atoms with Crippen LogP contribution >= 0.6 is 0 Å². The molecule has 5 aliphatic carbocycles. The van der Waals surface area contributed by atoms with Crippen LogP contribution in [0.2, 0.25) is 0 Å². The van der Waals surface area contributed by atoms with E-state index in [1.807, 2.05) is 13.8 Å². The van der Waals surface area contributed by atoms with E-state index in [9.17, 15) is 33.6 Å². The largest absolute Gasteiger partial charge is 0.465 e. The number of carbonyl (C=O) groups is 7. The van der Waals surface area contributed by atoms with Crippen molar-refractivity contribution in [3.8, 4) is 0 Å². The molecular weight excluding hydrogens is 536 g/mol. The fourth-order valence-electron chi connectivity index (χ4n) is 5.91. The molecule has 0 N–H and O–H groups in total. The molecule has 0 spiro atoms. The van der Waals surface area contributed by atoms with Crippen LogP contribution in [0.1, 0.15) is 131 Å². The van der Waals surface area contributed by atoms with Crippen molar-refractivity contribution in [3.05, 3.63) is 0 Å². The number of esters is 1. The van der Waals surface area contributed by atoms with Crippen LogP contribution in [-0.4, -0.2) is 47.3 Å². The molecule has 5 rings (SSSR count). The Balaban J connectivity index is 0.000000265. The van der Waals surface area contributed by atoms with E-state index in [-0.39, 0.29) is 29.2 Å². The van der Waals surface area contributed by atoms with Crippen LogP contribution in [0.15, 0.2) is 0 Å². The van der Waals surface area contributed by atoms with Gasteiger partial charge in [-0.25, -0.2) is 0 Å². The van der Waals surface area contributed by atoms with Gasteiger partial charge in [-0.05, 0) is 77.0 Å². The monoisotopic (exact) mass is 590 g/mol. The van der Waals surface area contributed by atoms with Crippen LogP contribution in [0.3, 0.4) is 0 Å². The summed E-state index contributed by atoms with van der Waals surface area (Å²) in [6.45, 7) is 11.9. The molecule has 8 heteroatoms. The Bertz CT molecular complexity index is 951. The van der Waals surface area contributed by atoms with Gasteiger partial charge in [-0.2, -0.15) is 0 Å². The number of Topliss-reactive ketones (excluding diaryl/α,β-unsaturated/α-hetero) is 6. The molecule has 0 amide bonds. The smallest absolute Gasteiger partial charge is 0.316 e. The molecule has 0 aromatic carbocycles. The van der Waals surface area contributed by atoms with E-state index in [1.165, 1.54) is 6.92 Å². The molecular formula is C34H54O8. The topological polar surface area (TPSA) is 129 Å². The molecule has 5 fully saturated rings. The second-order valence-corrected chi connectivity index (χ2v) is 12.7. The van der Waals surface area contributed by atoms with Crippen molar-refractivity contribution in [3.63, 3.8) is 0 Å². The summed E-state index contributed by atoms with van der Waals surface area (Å²) in [5.74, 6) is 2.61. The lowest BCUT2D eigenvalue weighted by Gasteiger charge is -2.05. The first-order chi connectivity index (χ1) is 19.8. The minimum Gasteiger partial charge on any atom is -0.465 e. The Morgan fingerprint density at radius 1 is 0.643 bits per heavy atom. The minimum atomic E-state index is -0.449. The molecule has 42 heavy (non-hydrogen) atoms. The first-order valence-corrected chi connectivity index (χ1v) is 16.1. The Kier molecular flexibility index (Phi) is 17.5. The molecule has 8 nitrogen and oxygen atoms in total. The highest BCUT2D eigenvalue weighted by Crippen LogP contribution is 2.26. The predicted octanol–water partition coefficient (Wildman–Crippen LogP) is 6.24. The molecule has 0 radical (unpaired) electrons. The molecule has 0 bridgehead atoms. The van der Waals surface area contributed by atoms with E-state index < -0.39 is 5.92 Å². The predicted molar refractivity (Wildman–Crippen MR) is 161 cm³/mol. The SMILES string of the molecule is CC(=O)C1CCCC1=O.CC1CC(=O)C(C)C1.CC1CCC(=O)C1.CC1CCCC1=O.CCOC(=O)C1CCCC1=O. The average molecular weight is 591 g/mol. The highest BCUT2D eigenvalue weighted by atomic mass is 16.5. The van der Waals surface area contributed by atoms with Crippen molar-refractivity contribution in [2.24, 2.45) is 35.5 Å². The number of carbonyl (C=O) groups excluding carboxylic acids is 7. The van der Waals surface area contributed by atoms with E-state index in [2.05, 4.69) is 13.8 Å². The van der Waals surface area contributed by atoms with E-state index in [1.54, 1.807) is 6.92 Å². The maximum absolute atomic E-state index is 11.0. The van der Waals surface area contributed by atoms with Gasteiger partial charge < -0.3 is 4.74 Å². The van der Waals surface area contributed by atoms with E-state index in [4.69, 9.17) is 4.74 Å². The van der Waals surface area contributed by atoms with Crippen molar-refractivity contribution < 1.29 is 38.3 Å². The zero-order chi connectivity index (χ0) is 31.8. The van der Waals surface area contributed by atoms with Gasteiger partial charge in [0.1, 0.15) is 40.6 Å². The molecule has 5 aliphatic rings. The van der Waals surface area contributed by atoms with Crippen LogP contribution in [0.4, 0.5) is 0 Å². The molecule has 0 aromatic rings. The van der Waals surface area contributed by atoms with Gasteiger partial charge >= 0.3 is 5.97 Å². The van der Waals surface area contributed by atoms with Gasteiger partial charge in [0, 0.05) is 50.4 Å². The fourth-order valence-corrected chi connectivity index (χ4v) is 5.91. The van der Waals surface area contributed by atoms with E-state index in [0.29, 0.717) is 66.9 Å². The van der Waals surface area contributed by atoms with Gasteiger partial charge in [-0.3, -0.25) is 33.6 Å². The maximum Gasteiger partial charge on any atom is 0.316 e. The third-order valence-electron chi connectivity index (χ3n) is 8.63. The highest BCUT2D eigenvalue weighted by Gasteiger charge is 2.32. The lowest BCUT2D eigenvalue weighted by molar-refractivity contribution is -0.150. The summed E-state index contributed by atoms with van der Waals surface area (Å²) in [6.07, 6.45) is 12.2. The van der Waals surface area contributed by atoms with Crippen LogP contribution in [-0.2, 0) is 38.3 Å².